The highest BCUT2D eigenvalue weighted by molar-refractivity contribution is 9.10. The quantitative estimate of drug-likeness (QED) is 0.561. The van der Waals surface area contributed by atoms with Crippen LogP contribution in [0, 0.1) is 13.0 Å². The van der Waals surface area contributed by atoms with Crippen LogP contribution < -0.4 is 0 Å². The molecule has 0 N–H and O–H groups in total. The monoisotopic (exact) mass is 169 g/mol. The number of hydrogen-bond acceptors (Lipinski definition) is 0. The van der Waals surface area contributed by atoms with Crippen molar-refractivity contribution in [2.45, 2.75) is 6.92 Å². The fourth-order valence-electron chi connectivity index (χ4n) is 0.549. The van der Waals surface area contributed by atoms with Gasteiger partial charge in [-0.15, -0.1) is 0 Å². The minimum absolute atomic E-state index is 1.12. The zero-order chi connectivity index (χ0) is 5.98. The SMILES string of the molecule is Cc1[c]ccc(Br)c1. The fraction of sp³-hybridized carbons (Fsp3) is 0.143. The molecule has 0 heterocycles. The van der Waals surface area contributed by atoms with E-state index >= 15 is 0 Å². The molecule has 0 unspecified atom stereocenters. The minimum atomic E-state index is 1.12. The van der Waals surface area contributed by atoms with E-state index in [0.717, 1.165) is 4.47 Å². The van der Waals surface area contributed by atoms with Crippen molar-refractivity contribution in [3.05, 3.63) is 34.3 Å². The van der Waals surface area contributed by atoms with Crippen molar-refractivity contribution >= 4 is 15.9 Å². The maximum atomic E-state index is 3.34. The summed E-state index contributed by atoms with van der Waals surface area (Å²) >= 11 is 3.34. The van der Waals surface area contributed by atoms with Crippen molar-refractivity contribution in [3.8, 4) is 0 Å². The predicted molar refractivity (Wildman–Crippen MR) is 37.7 cm³/mol. The van der Waals surface area contributed by atoms with Crippen LogP contribution in [0.4, 0.5) is 0 Å². The number of hydrogen-bond donors (Lipinski definition) is 0. The van der Waals surface area contributed by atoms with Crippen molar-refractivity contribution in [2.24, 2.45) is 0 Å². The molecule has 0 aliphatic heterocycles. The van der Waals surface area contributed by atoms with Crippen LogP contribution in [0.5, 0.6) is 0 Å². The third kappa shape index (κ3) is 1.34. The average molecular weight is 170 g/mol. The lowest BCUT2D eigenvalue weighted by Gasteiger charge is -1.88. The Hall–Kier alpha value is -0.300. The largest absolute Gasteiger partial charge is 0.0530 e. The summed E-state index contributed by atoms with van der Waals surface area (Å²) in [5.74, 6) is 0. The van der Waals surface area contributed by atoms with E-state index in [-0.39, 0.29) is 0 Å². The summed E-state index contributed by atoms with van der Waals surface area (Å²) in [5.41, 5.74) is 1.17. The predicted octanol–water partition coefficient (Wildman–Crippen LogP) is 2.56. The molecule has 1 aromatic rings. The molecule has 0 saturated heterocycles. The lowest BCUT2D eigenvalue weighted by atomic mass is 10.2. The first-order valence-electron chi connectivity index (χ1n) is 2.43. The van der Waals surface area contributed by atoms with E-state index in [1.54, 1.807) is 0 Å². The molecule has 0 nitrogen and oxygen atoms in total. The van der Waals surface area contributed by atoms with Gasteiger partial charge < -0.3 is 0 Å². The Morgan fingerprint density at radius 3 is 2.75 bits per heavy atom. The van der Waals surface area contributed by atoms with Crippen molar-refractivity contribution < 1.29 is 0 Å². The topological polar surface area (TPSA) is 0 Å². The molecule has 0 saturated carbocycles. The molecule has 0 amide bonds. The van der Waals surface area contributed by atoms with Gasteiger partial charge in [0.15, 0.2) is 0 Å². The number of rotatable bonds is 0. The lowest BCUT2D eigenvalue weighted by Crippen LogP contribution is -1.68. The molecule has 1 radical (unpaired) electrons. The first-order chi connectivity index (χ1) is 3.79. The normalized spacial score (nSPS) is 9.25. The van der Waals surface area contributed by atoms with Gasteiger partial charge in [0.1, 0.15) is 0 Å². The standard InChI is InChI=1S/C7H6Br/c1-6-3-2-4-7(8)5-6/h2,4-5H,1H3. The second-order valence-electron chi connectivity index (χ2n) is 1.69. The van der Waals surface area contributed by atoms with Crippen molar-refractivity contribution in [1.29, 1.82) is 0 Å². The van der Waals surface area contributed by atoms with Gasteiger partial charge in [-0.1, -0.05) is 22.0 Å². The van der Waals surface area contributed by atoms with Crippen molar-refractivity contribution in [1.82, 2.24) is 0 Å². The molecule has 41 valence electrons. The maximum absolute atomic E-state index is 3.34. The molecule has 0 aliphatic rings. The summed E-state index contributed by atoms with van der Waals surface area (Å²) in [7, 11) is 0. The summed E-state index contributed by atoms with van der Waals surface area (Å²) in [6.07, 6.45) is 0. The van der Waals surface area contributed by atoms with E-state index in [2.05, 4.69) is 22.0 Å². The van der Waals surface area contributed by atoms with Gasteiger partial charge in [0.2, 0.25) is 0 Å². The average Bonchev–Trinajstić information content (AvgIpc) is 1.64. The molecule has 0 aromatic heterocycles. The molecule has 0 bridgehead atoms. The molecule has 1 aromatic carbocycles. The van der Waals surface area contributed by atoms with Gasteiger partial charge in [0, 0.05) is 4.47 Å². The second-order valence-corrected chi connectivity index (χ2v) is 2.61. The Kier molecular flexibility index (Phi) is 1.69. The molecule has 8 heavy (non-hydrogen) atoms. The fourth-order valence-corrected chi connectivity index (χ4v) is 1.02. The number of benzene rings is 1. The van der Waals surface area contributed by atoms with Crippen LogP contribution >= 0.6 is 15.9 Å². The zero-order valence-corrected chi connectivity index (χ0v) is 6.20. The summed E-state index contributed by atoms with van der Waals surface area (Å²) < 4.78 is 1.12. The summed E-state index contributed by atoms with van der Waals surface area (Å²) in [6, 6.07) is 8.94. The number of aryl methyl sites for hydroxylation is 1. The lowest BCUT2D eigenvalue weighted by molar-refractivity contribution is 1.44. The van der Waals surface area contributed by atoms with E-state index < -0.39 is 0 Å². The summed E-state index contributed by atoms with van der Waals surface area (Å²) in [5, 5.41) is 0. The Morgan fingerprint density at radius 1 is 1.62 bits per heavy atom. The van der Waals surface area contributed by atoms with E-state index in [9.17, 15) is 0 Å². The van der Waals surface area contributed by atoms with E-state index in [1.165, 1.54) is 5.56 Å². The smallest absolute Gasteiger partial charge is 0.0178 e. The minimum Gasteiger partial charge on any atom is -0.0530 e. The van der Waals surface area contributed by atoms with Crippen molar-refractivity contribution in [2.75, 3.05) is 0 Å². The highest BCUT2D eigenvalue weighted by atomic mass is 79.9. The zero-order valence-electron chi connectivity index (χ0n) is 4.61. The molecule has 0 aliphatic carbocycles. The van der Waals surface area contributed by atoms with Gasteiger partial charge in [-0.25, -0.2) is 0 Å². The van der Waals surface area contributed by atoms with E-state index in [4.69, 9.17) is 0 Å². The highest BCUT2D eigenvalue weighted by Gasteiger charge is 1.83. The van der Waals surface area contributed by atoms with Crippen LogP contribution in [-0.4, -0.2) is 0 Å². The molecule has 0 atom stereocenters. The van der Waals surface area contributed by atoms with Crippen LogP contribution in [0.1, 0.15) is 5.56 Å². The Morgan fingerprint density at radius 2 is 2.38 bits per heavy atom. The van der Waals surface area contributed by atoms with Crippen LogP contribution in [0.15, 0.2) is 22.7 Å². The molecule has 0 fully saturated rings. The van der Waals surface area contributed by atoms with Gasteiger partial charge in [0.25, 0.3) is 0 Å². The second kappa shape index (κ2) is 2.31. The molecular weight excluding hydrogens is 164 g/mol. The van der Waals surface area contributed by atoms with Crippen LogP contribution in [0.25, 0.3) is 0 Å². The third-order valence-electron chi connectivity index (χ3n) is 0.908. The van der Waals surface area contributed by atoms with Crippen LogP contribution in [0.2, 0.25) is 0 Å². The Labute approximate surface area is 57.7 Å². The van der Waals surface area contributed by atoms with Gasteiger partial charge >= 0.3 is 0 Å². The van der Waals surface area contributed by atoms with Gasteiger partial charge in [-0.3, -0.25) is 0 Å². The first kappa shape index (κ1) is 5.83. The first-order valence-corrected chi connectivity index (χ1v) is 3.22. The Bertz CT molecular complexity index is 164. The van der Waals surface area contributed by atoms with Gasteiger partial charge in [0.05, 0.1) is 0 Å². The molecule has 0 spiro atoms. The molecule has 1 rings (SSSR count). The van der Waals surface area contributed by atoms with E-state index in [1.807, 2.05) is 25.1 Å². The third-order valence-corrected chi connectivity index (χ3v) is 1.40. The summed E-state index contributed by atoms with van der Waals surface area (Å²) in [4.78, 5) is 0. The number of halogens is 1. The maximum Gasteiger partial charge on any atom is 0.0178 e. The van der Waals surface area contributed by atoms with Crippen molar-refractivity contribution in [3.63, 3.8) is 0 Å². The molecular formula is C7H6Br. The highest BCUT2D eigenvalue weighted by Crippen LogP contribution is 2.09. The van der Waals surface area contributed by atoms with Gasteiger partial charge in [-0.2, -0.15) is 0 Å². The van der Waals surface area contributed by atoms with Gasteiger partial charge in [-0.05, 0) is 30.7 Å². The summed E-state index contributed by atoms with van der Waals surface area (Å²) in [6.45, 7) is 2.02. The van der Waals surface area contributed by atoms with Crippen LogP contribution in [-0.2, 0) is 0 Å². The van der Waals surface area contributed by atoms with Crippen LogP contribution in [0.3, 0.4) is 0 Å². The van der Waals surface area contributed by atoms with E-state index in [0.29, 0.717) is 0 Å². The Balaban J connectivity index is 3.08. The molecule has 1 heteroatoms.